The number of amides is 1. The Balaban J connectivity index is 2.11. The number of hydrogen-bond donors (Lipinski definition) is 2. The van der Waals surface area contributed by atoms with Gasteiger partial charge < -0.3 is 10.7 Å². The second-order valence-corrected chi connectivity index (χ2v) is 7.01. The molecule has 4 rings (SSSR count). The number of nitrogens with one attached hydrogen (secondary N) is 1. The third-order valence-corrected chi connectivity index (χ3v) is 5.42. The molecule has 27 heavy (non-hydrogen) atoms. The van der Waals surface area contributed by atoms with Gasteiger partial charge in [-0.25, -0.2) is 0 Å². The summed E-state index contributed by atoms with van der Waals surface area (Å²) in [6.07, 6.45) is 0. The van der Waals surface area contributed by atoms with Crippen molar-refractivity contribution in [3.8, 4) is 11.1 Å². The molecule has 8 heteroatoms. The molecule has 0 unspecified atom stereocenters. The lowest BCUT2D eigenvalue weighted by molar-refractivity contribution is 0.100. The predicted octanol–water partition coefficient (Wildman–Crippen LogP) is 4.75. The molecule has 7 nitrogen and oxygen atoms in total. The summed E-state index contributed by atoms with van der Waals surface area (Å²) in [4.78, 5) is 29.8. The smallest absolute Gasteiger partial charge is 0.266 e. The number of thiophene rings is 1. The second kappa shape index (κ2) is 6.28. The first-order chi connectivity index (χ1) is 13.0. The molecular formula is C19H13N5O2S. The van der Waals surface area contributed by atoms with Gasteiger partial charge in [0.1, 0.15) is 4.70 Å². The van der Waals surface area contributed by atoms with Crippen molar-refractivity contribution in [2.45, 2.75) is 6.92 Å². The van der Waals surface area contributed by atoms with Crippen molar-refractivity contribution in [1.29, 1.82) is 0 Å². The zero-order valence-electron chi connectivity index (χ0n) is 14.2. The fraction of sp³-hybridized carbons (Fsp3) is 0.0526. The Morgan fingerprint density at radius 1 is 1.26 bits per heavy atom. The maximum Gasteiger partial charge on any atom is 0.266 e. The molecule has 3 N–H and O–H groups in total. The molecule has 2 aromatic carbocycles. The van der Waals surface area contributed by atoms with Gasteiger partial charge in [-0.2, -0.15) is 0 Å². The molecule has 132 valence electrons. The molecule has 2 aromatic heterocycles. The SMILES string of the molecule is Cc1ccc2[nH]c(=O)c3sccc3c2c1-c1ccc(N)c(C(=O)N=[N+]=[N-])c1. The van der Waals surface area contributed by atoms with Crippen LogP contribution in [0.4, 0.5) is 5.69 Å². The summed E-state index contributed by atoms with van der Waals surface area (Å²) in [5.74, 6) is -0.733. The Hall–Kier alpha value is -3.61. The van der Waals surface area contributed by atoms with Gasteiger partial charge in [0.2, 0.25) is 0 Å². The lowest BCUT2D eigenvalue weighted by Gasteiger charge is -2.13. The number of carbonyl (C=O) groups is 1. The number of nitrogens with two attached hydrogens (primary N) is 1. The minimum absolute atomic E-state index is 0.126. The van der Waals surface area contributed by atoms with E-state index in [1.807, 2.05) is 36.6 Å². The van der Waals surface area contributed by atoms with Crippen LogP contribution in [0.15, 0.2) is 51.7 Å². The molecule has 0 spiro atoms. The highest BCUT2D eigenvalue weighted by atomic mass is 32.1. The minimum atomic E-state index is -0.733. The first-order valence-electron chi connectivity index (χ1n) is 8.03. The molecule has 0 bridgehead atoms. The van der Waals surface area contributed by atoms with E-state index in [1.54, 1.807) is 12.1 Å². The van der Waals surface area contributed by atoms with Crippen LogP contribution in [0.25, 0.3) is 42.6 Å². The normalized spacial score (nSPS) is 10.9. The van der Waals surface area contributed by atoms with Crippen LogP contribution in [-0.4, -0.2) is 10.9 Å². The van der Waals surface area contributed by atoms with Crippen molar-refractivity contribution < 1.29 is 4.79 Å². The van der Waals surface area contributed by atoms with Crippen LogP contribution in [0, 0.1) is 6.92 Å². The number of rotatable bonds is 2. The van der Waals surface area contributed by atoms with Crippen molar-refractivity contribution in [2.24, 2.45) is 5.11 Å². The number of carbonyl (C=O) groups excluding carboxylic acids is 1. The zero-order chi connectivity index (χ0) is 19.1. The molecular weight excluding hydrogens is 362 g/mol. The second-order valence-electron chi connectivity index (χ2n) is 6.09. The van der Waals surface area contributed by atoms with Crippen LogP contribution >= 0.6 is 11.3 Å². The number of aromatic nitrogens is 1. The van der Waals surface area contributed by atoms with Gasteiger partial charge in [-0.1, -0.05) is 12.1 Å². The highest BCUT2D eigenvalue weighted by Gasteiger charge is 2.16. The van der Waals surface area contributed by atoms with Gasteiger partial charge >= 0.3 is 0 Å². The number of H-pyrrole nitrogens is 1. The monoisotopic (exact) mass is 375 g/mol. The molecule has 1 amide bonds. The van der Waals surface area contributed by atoms with Gasteiger partial charge in [-0.15, -0.1) is 11.3 Å². The van der Waals surface area contributed by atoms with E-state index < -0.39 is 5.91 Å². The standard InChI is InChI=1S/C19H13N5O2S/c1-9-2-5-14-16(11-6-7-27-17(11)19(26)22-14)15(9)10-3-4-13(20)12(8-10)18(25)23-24-21/h2-8H,20H2,1H3,(H,22,26). The lowest BCUT2D eigenvalue weighted by atomic mass is 9.92. The molecule has 0 aliphatic carbocycles. The molecule has 0 saturated carbocycles. The molecule has 4 aromatic rings. The largest absolute Gasteiger partial charge is 0.398 e. The molecule has 2 heterocycles. The minimum Gasteiger partial charge on any atom is -0.398 e. The van der Waals surface area contributed by atoms with Crippen LogP contribution in [0.1, 0.15) is 15.9 Å². The predicted molar refractivity (Wildman–Crippen MR) is 108 cm³/mol. The number of nitrogens with zero attached hydrogens (tertiary/aromatic N) is 3. The van der Waals surface area contributed by atoms with Crippen LogP contribution in [0.2, 0.25) is 0 Å². The number of aryl methyl sites for hydroxylation is 1. The topological polar surface area (TPSA) is 125 Å². The van der Waals surface area contributed by atoms with Crippen LogP contribution in [0.5, 0.6) is 0 Å². The van der Waals surface area contributed by atoms with Gasteiger partial charge in [-0.05, 0) is 63.9 Å². The Morgan fingerprint density at radius 3 is 2.85 bits per heavy atom. The van der Waals surface area contributed by atoms with E-state index in [-0.39, 0.29) is 16.8 Å². The number of aromatic amines is 1. The molecule has 0 atom stereocenters. The van der Waals surface area contributed by atoms with Gasteiger partial charge in [0.05, 0.1) is 0 Å². The first-order valence-corrected chi connectivity index (χ1v) is 8.91. The lowest BCUT2D eigenvalue weighted by Crippen LogP contribution is -2.05. The van der Waals surface area contributed by atoms with E-state index in [9.17, 15) is 9.59 Å². The van der Waals surface area contributed by atoms with Crippen molar-refractivity contribution in [2.75, 3.05) is 5.73 Å². The Morgan fingerprint density at radius 2 is 2.07 bits per heavy atom. The maximum atomic E-state index is 12.3. The molecule has 0 radical (unpaired) electrons. The van der Waals surface area contributed by atoms with E-state index in [2.05, 4.69) is 15.0 Å². The number of fused-ring (bicyclic) bond motifs is 3. The number of hydrogen-bond acceptors (Lipinski definition) is 4. The number of azide groups is 1. The van der Waals surface area contributed by atoms with E-state index in [0.29, 0.717) is 10.2 Å². The van der Waals surface area contributed by atoms with Gasteiger partial charge in [0, 0.05) is 32.5 Å². The average Bonchev–Trinajstić information content (AvgIpc) is 3.14. The van der Waals surface area contributed by atoms with E-state index >= 15 is 0 Å². The first kappa shape index (κ1) is 16.8. The third kappa shape index (κ3) is 2.64. The highest BCUT2D eigenvalue weighted by molar-refractivity contribution is 7.17. The molecule has 0 aliphatic heterocycles. The summed E-state index contributed by atoms with van der Waals surface area (Å²) in [6.45, 7) is 1.96. The summed E-state index contributed by atoms with van der Waals surface area (Å²) in [5.41, 5.74) is 18.0. The number of pyridine rings is 1. The summed E-state index contributed by atoms with van der Waals surface area (Å²) >= 11 is 1.38. The Labute approximate surface area is 156 Å². The zero-order valence-corrected chi connectivity index (χ0v) is 15.0. The van der Waals surface area contributed by atoms with E-state index in [1.165, 1.54) is 11.3 Å². The summed E-state index contributed by atoms with van der Waals surface area (Å²) < 4.78 is 0.648. The van der Waals surface area contributed by atoms with E-state index in [4.69, 9.17) is 11.3 Å². The number of nitrogen functional groups attached to an aromatic ring is 1. The van der Waals surface area contributed by atoms with Crippen LogP contribution in [0.3, 0.4) is 0 Å². The van der Waals surface area contributed by atoms with Gasteiger partial charge in [0.15, 0.2) is 0 Å². The molecule has 0 saturated heterocycles. The van der Waals surface area contributed by atoms with Crippen LogP contribution < -0.4 is 11.3 Å². The van der Waals surface area contributed by atoms with Gasteiger partial charge in [0.25, 0.3) is 11.5 Å². The number of benzene rings is 2. The Bertz CT molecular complexity index is 1350. The fourth-order valence-electron chi connectivity index (χ4n) is 3.32. The summed E-state index contributed by atoms with van der Waals surface area (Å²) in [7, 11) is 0. The van der Waals surface area contributed by atoms with Gasteiger partial charge in [-0.3, -0.25) is 9.59 Å². The maximum absolute atomic E-state index is 12.3. The molecule has 0 fully saturated rings. The quantitative estimate of drug-likeness (QED) is 0.227. The van der Waals surface area contributed by atoms with Crippen LogP contribution in [-0.2, 0) is 0 Å². The average molecular weight is 375 g/mol. The Kier molecular flexibility index (Phi) is 3.92. The molecule has 0 aliphatic rings. The van der Waals surface area contributed by atoms with Crippen molar-refractivity contribution in [3.05, 3.63) is 73.7 Å². The third-order valence-electron chi connectivity index (χ3n) is 4.51. The highest BCUT2D eigenvalue weighted by Crippen LogP contribution is 2.37. The van der Waals surface area contributed by atoms with E-state index in [0.717, 1.165) is 27.5 Å². The van der Waals surface area contributed by atoms with Crippen molar-refractivity contribution in [3.63, 3.8) is 0 Å². The summed E-state index contributed by atoms with van der Waals surface area (Å²) in [5, 5.41) is 6.78. The summed E-state index contributed by atoms with van der Waals surface area (Å²) in [6, 6.07) is 10.8. The van der Waals surface area contributed by atoms with Crippen molar-refractivity contribution in [1.82, 2.24) is 4.98 Å². The fourth-order valence-corrected chi connectivity index (χ4v) is 4.11. The number of anilines is 1. The van der Waals surface area contributed by atoms with Crippen molar-refractivity contribution >= 4 is 43.9 Å².